The molecule has 0 aliphatic heterocycles. The van der Waals surface area contributed by atoms with E-state index < -0.39 is 0 Å². The SMILES string of the molecule is CNc1nc(OC2CCCCCC2)c2ccccc2n1. The van der Waals surface area contributed by atoms with Gasteiger partial charge in [0.2, 0.25) is 11.8 Å². The average molecular weight is 271 g/mol. The van der Waals surface area contributed by atoms with Gasteiger partial charge >= 0.3 is 0 Å². The van der Waals surface area contributed by atoms with Gasteiger partial charge in [-0.05, 0) is 37.8 Å². The van der Waals surface area contributed by atoms with Crippen LogP contribution in [0.15, 0.2) is 24.3 Å². The predicted molar refractivity (Wildman–Crippen MR) is 81.2 cm³/mol. The van der Waals surface area contributed by atoms with Crippen molar-refractivity contribution in [2.75, 3.05) is 12.4 Å². The molecule has 1 aliphatic carbocycles. The summed E-state index contributed by atoms with van der Waals surface area (Å²) in [5.74, 6) is 1.33. The molecular formula is C16H21N3O. The van der Waals surface area contributed by atoms with Crippen LogP contribution in [0, 0.1) is 0 Å². The number of aromatic nitrogens is 2. The second-order valence-corrected chi connectivity index (χ2v) is 5.35. The molecule has 1 saturated carbocycles. The van der Waals surface area contributed by atoms with E-state index in [0.717, 1.165) is 23.7 Å². The van der Waals surface area contributed by atoms with Gasteiger partial charge in [-0.3, -0.25) is 0 Å². The van der Waals surface area contributed by atoms with Crippen LogP contribution in [0.3, 0.4) is 0 Å². The smallest absolute Gasteiger partial charge is 0.226 e. The maximum absolute atomic E-state index is 6.20. The molecule has 4 heteroatoms. The molecule has 106 valence electrons. The van der Waals surface area contributed by atoms with E-state index in [2.05, 4.69) is 15.3 Å². The summed E-state index contributed by atoms with van der Waals surface area (Å²) in [6, 6.07) is 8.02. The van der Waals surface area contributed by atoms with Crippen LogP contribution in [0.2, 0.25) is 0 Å². The molecule has 1 aliphatic rings. The Morgan fingerprint density at radius 3 is 2.55 bits per heavy atom. The first kappa shape index (κ1) is 13.2. The molecule has 0 atom stereocenters. The molecule has 0 amide bonds. The number of nitrogens with zero attached hydrogens (tertiary/aromatic N) is 2. The highest BCUT2D eigenvalue weighted by atomic mass is 16.5. The van der Waals surface area contributed by atoms with Gasteiger partial charge in [0.05, 0.1) is 10.9 Å². The van der Waals surface area contributed by atoms with Gasteiger partial charge in [0.25, 0.3) is 0 Å². The van der Waals surface area contributed by atoms with E-state index in [1.165, 1.54) is 25.7 Å². The number of benzene rings is 1. The molecule has 1 aromatic heterocycles. The first-order valence-electron chi connectivity index (χ1n) is 7.48. The normalized spacial score (nSPS) is 16.9. The third kappa shape index (κ3) is 2.84. The Kier molecular flexibility index (Phi) is 4.00. The fraction of sp³-hybridized carbons (Fsp3) is 0.500. The Bertz CT molecular complexity index is 577. The van der Waals surface area contributed by atoms with E-state index in [1.54, 1.807) is 0 Å². The van der Waals surface area contributed by atoms with Gasteiger partial charge in [-0.25, -0.2) is 4.98 Å². The Morgan fingerprint density at radius 1 is 1.05 bits per heavy atom. The van der Waals surface area contributed by atoms with Gasteiger partial charge in [-0.1, -0.05) is 25.0 Å². The first-order valence-corrected chi connectivity index (χ1v) is 7.48. The summed E-state index contributed by atoms with van der Waals surface area (Å²) in [6.07, 6.45) is 7.72. The molecule has 20 heavy (non-hydrogen) atoms. The van der Waals surface area contributed by atoms with Gasteiger partial charge in [0, 0.05) is 7.05 Å². The number of hydrogen-bond donors (Lipinski definition) is 1. The lowest BCUT2D eigenvalue weighted by Crippen LogP contribution is -2.16. The Hall–Kier alpha value is -1.84. The summed E-state index contributed by atoms with van der Waals surface area (Å²) in [5.41, 5.74) is 0.926. The van der Waals surface area contributed by atoms with Crippen LogP contribution in [-0.2, 0) is 0 Å². The lowest BCUT2D eigenvalue weighted by Gasteiger charge is -2.17. The number of rotatable bonds is 3. The molecule has 0 saturated heterocycles. The number of fused-ring (bicyclic) bond motifs is 1. The largest absolute Gasteiger partial charge is 0.474 e. The van der Waals surface area contributed by atoms with Gasteiger partial charge in [0.15, 0.2) is 0 Å². The van der Waals surface area contributed by atoms with Gasteiger partial charge in [-0.2, -0.15) is 4.98 Å². The Balaban J connectivity index is 1.92. The fourth-order valence-electron chi connectivity index (χ4n) is 2.77. The summed E-state index contributed by atoms with van der Waals surface area (Å²) < 4.78 is 6.20. The predicted octanol–water partition coefficient (Wildman–Crippen LogP) is 3.77. The molecule has 3 rings (SSSR count). The molecule has 0 bridgehead atoms. The zero-order valence-electron chi connectivity index (χ0n) is 11.9. The summed E-state index contributed by atoms with van der Waals surface area (Å²) in [5, 5.41) is 4.00. The summed E-state index contributed by atoms with van der Waals surface area (Å²) >= 11 is 0. The summed E-state index contributed by atoms with van der Waals surface area (Å²) in [4.78, 5) is 8.96. The monoisotopic (exact) mass is 271 g/mol. The highest BCUT2D eigenvalue weighted by Crippen LogP contribution is 2.28. The van der Waals surface area contributed by atoms with Gasteiger partial charge < -0.3 is 10.1 Å². The Labute approximate surface area is 119 Å². The molecule has 1 fully saturated rings. The third-order valence-corrected chi connectivity index (χ3v) is 3.87. The lowest BCUT2D eigenvalue weighted by atomic mass is 10.1. The summed E-state index contributed by atoms with van der Waals surface area (Å²) in [6.45, 7) is 0. The van der Waals surface area contributed by atoms with E-state index in [9.17, 15) is 0 Å². The molecule has 0 unspecified atom stereocenters. The van der Waals surface area contributed by atoms with Crippen LogP contribution < -0.4 is 10.1 Å². The molecule has 0 radical (unpaired) electrons. The van der Waals surface area contributed by atoms with Crippen molar-refractivity contribution < 1.29 is 4.74 Å². The maximum Gasteiger partial charge on any atom is 0.226 e. The topological polar surface area (TPSA) is 47.0 Å². The number of hydrogen-bond acceptors (Lipinski definition) is 4. The van der Waals surface area contributed by atoms with E-state index in [1.807, 2.05) is 31.3 Å². The van der Waals surface area contributed by atoms with Crippen molar-refractivity contribution in [3.8, 4) is 5.88 Å². The second kappa shape index (κ2) is 6.07. The van der Waals surface area contributed by atoms with E-state index >= 15 is 0 Å². The van der Waals surface area contributed by atoms with Crippen molar-refractivity contribution in [1.82, 2.24) is 9.97 Å². The van der Waals surface area contributed by atoms with Crippen LogP contribution in [0.1, 0.15) is 38.5 Å². The van der Waals surface area contributed by atoms with Crippen molar-refractivity contribution in [3.63, 3.8) is 0 Å². The zero-order valence-corrected chi connectivity index (χ0v) is 11.9. The van der Waals surface area contributed by atoms with Gasteiger partial charge in [-0.15, -0.1) is 0 Å². The molecule has 1 aromatic carbocycles. The second-order valence-electron chi connectivity index (χ2n) is 5.35. The minimum atomic E-state index is 0.292. The standard InChI is InChI=1S/C16H21N3O/c1-17-16-18-14-11-7-6-10-13(14)15(19-16)20-12-8-4-2-3-5-9-12/h6-7,10-12H,2-5,8-9H2,1H3,(H,17,18,19). The molecule has 1 heterocycles. The minimum Gasteiger partial charge on any atom is -0.474 e. The number of ether oxygens (including phenoxy) is 1. The molecule has 1 N–H and O–H groups in total. The van der Waals surface area contributed by atoms with Crippen molar-refractivity contribution >= 4 is 16.9 Å². The van der Waals surface area contributed by atoms with Crippen LogP contribution in [-0.4, -0.2) is 23.1 Å². The molecule has 2 aromatic rings. The first-order chi connectivity index (χ1) is 9.86. The highest BCUT2D eigenvalue weighted by molar-refractivity contribution is 5.84. The van der Waals surface area contributed by atoms with Crippen LogP contribution in [0.25, 0.3) is 10.9 Å². The summed E-state index contributed by atoms with van der Waals surface area (Å²) in [7, 11) is 1.83. The average Bonchev–Trinajstić information content (AvgIpc) is 2.75. The van der Waals surface area contributed by atoms with E-state index in [4.69, 9.17) is 4.74 Å². The third-order valence-electron chi connectivity index (χ3n) is 3.87. The van der Waals surface area contributed by atoms with Gasteiger partial charge in [0.1, 0.15) is 6.10 Å². The van der Waals surface area contributed by atoms with E-state index in [0.29, 0.717) is 17.9 Å². The molecular weight excluding hydrogens is 250 g/mol. The number of anilines is 1. The highest BCUT2D eigenvalue weighted by Gasteiger charge is 2.16. The van der Waals surface area contributed by atoms with Crippen LogP contribution >= 0.6 is 0 Å². The number of nitrogens with one attached hydrogen (secondary N) is 1. The van der Waals surface area contributed by atoms with Crippen molar-refractivity contribution in [3.05, 3.63) is 24.3 Å². The fourth-order valence-corrected chi connectivity index (χ4v) is 2.77. The van der Waals surface area contributed by atoms with Crippen molar-refractivity contribution in [1.29, 1.82) is 0 Å². The molecule has 0 spiro atoms. The lowest BCUT2D eigenvalue weighted by molar-refractivity contribution is 0.179. The maximum atomic E-state index is 6.20. The number of para-hydroxylation sites is 1. The minimum absolute atomic E-state index is 0.292. The van der Waals surface area contributed by atoms with Crippen LogP contribution in [0.4, 0.5) is 5.95 Å². The van der Waals surface area contributed by atoms with E-state index in [-0.39, 0.29) is 0 Å². The zero-order chi connectivity index (χ0) is 13.8. The van der Waals surface area contributed by atoms with Crippen molar-refractivity contribution in [2.45, 2.75) is 44.6 Å². The van der Waals surface area contributed by atoms with Crippen LogP contribution in [0.5, 0.6) is 5.88 Å². The quantitative estimate of drug-likeness (QED) is 0.863. The molecule has 4 nitrogen and oxygen atoms in total. The Morgan fingerprint density at radius 2 is 1.80 bits per heavy atom. The van der Waals surface area contributed by atoms with Crippen molar-refractivity contribution in [2.24, 2.45) is 0 Å².